The van der Waals surface area contributed by atoms with Gasteiger partial charge in [-0.15, -0.1) is 0 Å². The van der Waals surface area contributed by atoms with Crippen molar-refractivity contribution in [3.63, 3.8) is 0 Å². The van der Waals surface area contributed by atoms with Crippen LogP contribution < -0.4 is 5.32 Å². The first kappa shape index (κ1) is 14.9. The van der Waals surface area contributed by atoms with Gasteiger partial charge >= 0.3 is 5.97 Å². The number of hydrogen-bond acceptors (Lipinski definition) is 3. The Balaban J connectivity index is 1.93. The summed E-state index contributed by atoms with van der Waals surface area (Å²) in [5, 5.41) is 3.99. The summed E-state index contributed by atoms with van der Waals surface area (Å²) in [6.07, 6.45) is 1.84. The first-order valence-electron chi connectivity index (χ1n) is 7.16. The first-order valence-corrected chi connectivity index (χ1v) is 7.54. The van der Waals surface area contributed by atoms with Crippen molar-refractivity contribution < 1.29 is 14.3 Å². The number of esters is 1. The Labute approximate surface area is 133 Å². The zero-order chi connectivity index (χ0) is 15.9. The maximum atomic E-state index is 12.6. The van der Waals surface area contributed by atoms with Crippen molar-refractivity contribution in [2.75, 3.05) is 7.11 Å². The predicted molar refractivity (Wildman–Crippen MR) is 83.9 cm³/mol. The van der Waals surface area contributed by atoms with Crippen molar-refractivity contribution in [2.24, 2.45) is 13.0 Å². The van der Waals surface area contributed by atoms with Crippen LogP contribution in [-0.4, -0.2) is 29.6 Å². The monoisotopic (exact) mass is 320 g/mol. The Bertz CT molecular complexity index is 710. The number of carbonyl (C=O) groups excluding carboxylic acids is 2. The third-order valence-electron chi connectivity index (χ3n) is 4.10. The highest BCUT2D eigenvalue weighted by Gasteiger charge is 2.38. The zero-order valence-electron chi connectivity index (χ0n) is 12.4. The molecule has 0 saturated heterocycles. The zero-order valence-corrected chi connectivity index (χ0v) is 13.2. The number of nitrogens with zero attached hydrogens (tertiary/aromatic N) is 1. The van der Waals surface area contributed by atoms with Gasteiger partial charge in [0.2, 0.25) is 0 Å². The van der Waals surface area contributed by atoms with Gasteiger partial charge in [-0.1, -0.05) is 29.8 Å². The number of methoxy groups -OCH3 is 1. The van der Waals surface area contributed by atoms with Crippen molar-refractivity contribution in [2.45, 2.75) is 18.9 Å². The number of ether oxygens (including phenoxy) is 1. The quantitative estimate of drug-likeness (QED) is 0.881. The molecular weight excluding hydrogens is 304 g/mol. The number of para-hydroxylation sites is 1. The second kappa shape index (κ2) is 5.65. The molecule has 0 spiro atoms. The minimum Gasteiger partial charge on any atom is -0.467 e. The summed E-state index contributed by atoms with van der Waals surface area (Å²) in [4.78, 5) is 24.4. The van der Waals surface area contributed by atoms with Crippen LogP contribution in [0.4, 0.5) is 0 Å². The summed E-state index contributed by atoms with van der Waals surface area (Å²) in [6.45, 7) is 0. The van der Waals surface area contributed by atoms with E-state index < -0.39 is 12.0 Å². The van der Waals surface area contributed by atoms with Crippen molar-refractivity contribution in [3.8, 4) is 0 Å². The van der Waals surface area contributed by atoms with E-state index in [-0.39, 0.29) is 11.8 Å². The molecule has 5 nitrogen and oxygen atoms in total. The van der Waals surface area contributed by atoms with Crippen molar-refractivity contribution in [1.82, 2.24) is 9.88 Å². The molecule has 1 saturated carbocycles. The van der Waals surface area contributed by atoms with Gasteiger partial charge in [0, 0.05) is 18.0 Å². The Kier molecular flexibility index (Phi) is 3.83. The molecule has 1 N–H and O–H groups in total. The highest BCUT2D eigenvalue weighted by molar-refractivity contribution is 6.38. The van der Waals surface area contributed by atoms with Crippen LogP contribution >= 0.6 is 11.6 Å². The normalized spacial score (nSPS) is 15.6. The molecule has 22 heavy (non-hydrogen) atoms. The second-order valence-corrected chi connectivity index (χ2v) is 5.93. The third-order valence-corrected chi connectivity index (χ3v) is 4.48. The smallest absolute Gasteiger partial charge is 0.328 e. The Morgan fingerprint density at radius 3 is 2.64 bits per heavy atom. The second-order valence-electron chi connectivity index (χ2n) is 5.55. The molecule has 3 rings (SSSR count). The van der Waals surface area contributed by atoms with Crippen LogP contribution in [-0.2, 0) is 16.6 Å². The fourth-order valence-corrected chi connectivity index (χ4v) is 3.11. The summed E-state index contributed by atoms with van der Waals surface area (Å²) in [5.41, 5.74) is 1.23. The number of fused-ring (bicyclic) bond motifs is 1. The van der Waals surface area contributed by atoms with Gasteiger partial charge in [-0.3, -0.25) is 4.79 Å². The fourth-order valence-electron chi connectivity index (χ4n) is 2.73. The lowest BCUT2D eigenvalue weighted by molar-refractivity contribution is -0.143. The van der Waals surface area contributed by atoms with Crippen LogP contribution in [0.5, 0.6) is 0 Å². The summed E-state index contributed by atoms with van der Waals surface area (Å²) >= 11 is 6.35. The standard InChI is InChI=1S/C16H17ClN2O3/c1-19-11-6-4-3-5-10(11)12(17)14(19)15(20)18-13(9-7-8-9)16(21)22-2/h3-6,9,13H,7-8H2,1-2H3,(H,18,20)/t13-/m1/s1. The number of nitrogens with one attached hydrogen (secondary N) is 1. The maximum Gasteiger partial charge on any atom is 0.328 e. The molecule has 0 aliphatic heterocycles. The highest BCUT2D eigenvalue weighted by atomic mass is 35.5. The van der Waals surface area contributed by atoms with Crippen LogP contribution in [0.15, 0.2) is 24.3 Å². The van der Waals surface area contributed by atoms with Gasteiger partial charge in [0.05, 0.1) is 12.1 Å². The van der Waals surface area contributed by atoms with E-state index >= 15 is 0 Å². The number of amides is 1. The minimum absolute atomic E-state index is 0.157. The van der Waals surface area contributed by atoms with E-state index in [2.05, 4.69) is 5.32 Å². The van der Waals surface area contributed by atoms with E-state index in [9.17, 15) is 9.59 Å². The van der Waals surface area contributed by atoms with Crippen molar-refractivity contribution >= 4 is 34.4 Å². The molecule has 1 atom stereocenters. The van der Waals surface area contributed by atoms with Gasteiger partial charge in [0.25, 0.3) is 5.91 Å². The van der Waals surface area contributed by atoms with E-state index in [1.807, 2.05) is 24.3 Å². The lowest BCUT2D eigenvalue weighted by Gasteiger charge is -2.16. The van der Waals surface area contributed by atoms with Gasteiger partial charge in [-0.25, -0.2) is 4.79 Å². The number of aryl methyl sites for hydroxylation is 1. The van der Waals surface area contributed by atoms with Crippen molar-refractivity contribution in [1.29, 1.82) is 0 Å². The Morgan fingerprint density at radius 2 is 2.05 bits per heavy atom. The summed E-state index contributed by atoms with van der Waals surface area (Å²) < 4.78 is 6.52. The van der Waals surface area contributed by atoms with Gasteiger partial charge < -0.3 is 14.6 Å². The van der Waals surface area contributed by atoms with Crippen LogP contribution in [0, 0.1) is 5.92 Å². The molecule has 1 amide bonds. The van der Waals surface area contributed by atoms with E-state index in [1.165, 1.54) is 7.11 Å². The van der Waals surface area contributed by atoms with Gasteiger partial charge in [-0.2, -0.15) is 0 Å². The molecular formula is C16H17ClN2O3. The SMILES string of the molecule is COC(=O)[C@H](NC(=O)c1c(Cl)c2ccccc2n1C)C1CC1. The molecule has 1 aliphatic carbocycles. The predicted octanol–water partition coefficient (Wildman–Crippen LogP) is 2.51. The highest BCUT2D eigenvalue weighted by Crippen LogP contribution is 2.34. The molecule has 1 aromatic heterocycles. The number of benzene rings is 1. The van der Waals surface area contributed by atoms with Gasteiger partial charge in [0.15, 0.2) is 0 Å². The van der Waals surface area contributed by atoms with Gasteiger partial charge in [-0.05, 0) is 24.8 Å². The maximum absolute atomic E-state index is 12.6. The number of rotatable bonds is 4. The average molecular weight is 321 g/mol. The lowest BCUT2D eigenvalue weighted by atomic mass is 10.2. The van der Waals surface area contributed by atoms with Crippen molar-refractivity contribution in [3.05, 3.63) is 35.0 Å². The largest absolute Gasteiger partial charge is 0.467 e. The average Bonchev–Trinajstić information content (AvgIpc) is 3.33. The topological polar surface area (TPSA) is 60.3 Å². The van der Waals surface area contributed by atoms with Crippen LogP contribution in [0.1, 0.15) is 23.3 Å². The molecule has 116 valence electrons. The number of aromatic nitrogens is 1. The fraction of sp³-hybridized carbons (Fsp3) is 0.375. The number of carbonyl (C=O) groups is 2. The number of halogens is 1. The molecule has 2 aromatic rings. The number of hydrogen-bond donors (Lipinski definition) is 1. The molecule has 6 heteroatoms. The summed E-state index contributed by atoms with van der Waals surface area (Å²) in [5.74, 6) is -0.610. The van der Waals surface area contributed by atoms with E-state index in [1.54, 1.807) is 11.6 Å². The summed E-state index contributed by atoms with van der Waals surface area (Å²) in [7, 11) is 3.11. The van der Waals surface area contributed by atoms with E-state index in [4.69, 9.17) is 16.3 Å². The van der Waals surface area contributed by atoms with Crippen LogP contribution in [0.3, 0.4) is 0 Å². The molecule has 1 aliphatic rings. The summed E-state index contributed by atoms with van der Waals surface area (Å²) in [6, 6.07) is 6.93. The van der Waals surface area contributed by atoms with Crippen LogP contribution in [0.25, 0.3) is 10.9 Å². The van der Waals surface area contributed by atoms with Gasteiger partial charge in [0.1, 0.15) is 11.7 Å². The Morgan fingerprint density at radius 1 is 1.36 bits per heavy atom. The third kappa shape index (κ3) is 2.46. The van der Waals surface area contributed by atoms with E-state index in [0.717, 1.165) is 23.7 Å². The molecule has 0 unspecified atom stereocenters. The molecule has 0 bridgehead atoms. The molecule has 1 heterocycles. The first-order chi connectivity index (χ1) is 10.5. The Hall–Kier alpha value is -2.01. The molecule has 1 fully saturated rings. The minimum atomic E-state index is -0.605. The van der Waals surface area contributed by atoms with E-state index in [0.29, 0.717) is 10.7 Å². The molecule has 0 radical (unpaired) electrons. The molecule has 1 aromatic carbocycles. The lowest BCUT2D eigenvalue weighted by Crippen LogP contribution is -2.43. The van der Waals surface area contributed by atoms with Crippen LogP contribution in [0.2, 0.25) is 5.02 Å².